The normalized spacial score (nSPS) is 11.5. The lowest BCUT2D eigenvalue weighted by atomic mass is 10.2. The maximum Gasteiger partial charge on any atom is 0.417 e. The van der Waals surface area contributed by atoms with Gasteiger partial charge in [-0.25, -0.2) is 4.98 Å². The molecule has 3 rings (SSSR count). The number of rotatable bonds is 9. The number of hydrogen-bond donors (Lipinski definition) is 1. The number of anilines is 1. The number of carbonyl (C=O) groups excluding carboxylic acids is 1. The number of unbranched alkanes of at least 4 members (excludes halogenated alkanes) is 1. The summed E-state index contributed by atoms with van der Waals surface area (Å²) in [6.07, 6.45) is -2.09. The number of carbonyl (C=O) groups is 1. The number of hydrogen-bond acceptors (Lipinski definition) is 6. The molecule has 0 unspecified atom stereocenters. The van der Waals surface area contributed by atoms with Crippen molar-refractivity contribution < 1.29 is 22.7 Å². The molecule has 0 aliphatic rings. The molecule has 1 N–H and O–H groups in total. The number of aromatic nitrogens is 4. The van der Waals surface area contributed by atoms with Gasteiger partial charge in [-0.3, -0.25) is 4.79 Å². The summed E-state index contributed by atoms with van der Waals surface area (Å²) >= 11 is 7.02. The SMILES string of the molecule is CCCCn1c(SCC(=O)Nc2ncc(C(F)(F)F)cc2Cl)nnc1-c1ccc(OC)cc1. The molecule has 7 nitrogen and oxygen atoms in total. The summed E-state index contributed by atoms with van der Waals surface area (Å²) in [5.74, 6) is 0.722. The first-order chi connectivity index (χ1) is 15.7. The highest BCUT2D eigenvalue weighted by atomic mass is 35.5. The molecule has 12 heteroatoms. The number of amides is 1. The summed E-state index contributed by atoms with van der Waals surface area (Å²) in [7, 11) is 1.59. The molecule has 176 valence electrons. The maximum atomic E-state index is 12.7. The van der Waals surface area contributed by atoms with Crippen molar-refractivity contribution in [3.05, 3.63) is 47.1 Å². The highest BCUT2D eigenvalue weighted by Gasteiger charge is 2.31. The second kappa shape index (κ2) is 10.9. The lowest BCUT2D eigenvalue weighted by Gasteiger charge is -2.11. The standard InChI is InChI=1S/C21H21ClF3N5O2S/c1-3-4-9-30-19(13-5-7-15(32-2)8-6-13)28-29-20(30)33-12-17(31)27-18-16(22)10-14(11-26-18)21(23,24)25/h5-8,10-11H,3-4,9,12H2,1-2H3,(H,26,27,31). The maximum absolute atomic E-state index is 12.7. The van der Waals surface area contributed by atoms with E-state index in [0.29, 0.717) is 23.7 Å². The van der Waals surface area contributed by atoms with Crippen molar-refractivity contribution in [2.75, 3.05) is 18.2 Å². The fraction of sp³-hybridized carbons (Fsp3) is 0.333. The first-order valence-electron chi connectivity index (χ1n) is 9.96. The molecule has 0 aliphatic carbocycles. The fourth-order valence-electron chi connectivity index (χ4n) is 2.85. The summed E-state index contributed by atoms with van der Waals surface area (Å²) in [5, 5.41) is 11.2. The lowest BCUT2D eigenvalue weighted by molar-refractivity contribution is -0.137. The molecule has 0 spiro atoms. The number of nitrogens with one attached hydrogen (secondary N) is 1. The van der Waals surface area contributed by atoms with E-state index < -0.39 is 17.6 Å². The Balaban J connectivity index is 1.71. The number of ether oxygens (including phenoxy) is 1. The molecule has 33 heavy (non-hydrogen) atoms. The van der Waals surface area contributed by atoms with Gasteiger partial charge in [0.2, 0.25) is 5.91 Å². The van der Waals surface area contributed by atoms with E-state index in [1.807, 2.05) is 28.8 Å². The van der Waals surface area contributed by atoms with Gasteiger partial charge in [0.1, 0.15) is 5.75 Å². The molecule has 1 amide bonds. The zero-order chi connectivity index (χ0) is 24.0. The third kappa shape index (κ3) is 6.38. The number of pyridine rings is 1. The predicted octanol–water partition coefficient (Wildman–Crippen LogP) is 5.55. The summed E-state index contributed by atoms with van der Waals surface area (Å²) in [4.78, 5) is 16.0. The van der Waals surface area contributed by atoms with Crippen molar-refractivity contribution in [1.82, 2.24) is 19.7 Å². The van der Waals surface area contributed by atoms with Crippen LogP contribution >= 0.6 is 23.4 Å². The Bertz CT molecular complexity index is 1110. The lowest BCUT2D eigenvalue weighted by Crippen LogP contribution is -2.16. The molecule has 2 heterocycles. The smallest absolute Gasteiger partial charge is 0.417 e. The van der Waals surface area contributed by atoms with Gasteiger partial charge in [-0.05, 0) is 36.8 Å². The van der Waals surface area contributed by atoms with Gasteiger partial charge < -0.3 is 14.6 Å². The molecule has 1 aromatic carbocycles. The Labute approximate surface area is 197 Å². The van der Waals surface area contributed by atoms with E-state index >= 15 is 0 Å². The molecule has 0 atom stereocenters. The van der Waals surface area contributed by atoms with Crippen molar-refractivity contribution in [3.8, 4) is 17.1 Å². The predicted molar refractivity (Wildman–Crippen MR) is 121 cm³/mol. The molecule has 0 bridgehead atoms. The van der Waals surface area contributed by atoms with E-state index in [2.05, 4.69) is 27.4 Å². The Morgan fingerprint density at radius 3 is 2.58 bits per heavy atom. The largest absolute Gasteiger partial charge is 0.497 e. The Morgan fingerprint density at radius 1 is 1.24 bits per heavy atom. The van der Waals surface area contributed by atoms with Crippen LogP contribution in [0.2, 0.25) is 5.02 Å². The van der Waals surface area contributed by atoms with Crippen LogP contribution in [-0.2, 0) is 17.5 Å². The third-order valence-electron chi connectivity index (χ3n) is 4.56. The molecule has 0 saturated carbocycles. The summed E-state index contributed by atoms with van der Waals surface area (Å²) in [6, 6.07) is 8.14. The average molecular weight is 500 g/mol. The third-order valence-corrected chi connectivity index (χ3v) is 5.81. The number of thioether (sulfide) groups is 1. The van der Waals surface area contributed by atoms with Crippen molar-refractivity contribution in [2.45, 2.75) is 37.6 Å². The first-order valence-corrected chi connectivity index (χ1v) is 11.3. The van der Waals surface area contributed by atoms with Gasteiger partial charge in [0.15, 0.2) is 16.8 Å². The van der Waals surface area contributed by atoms with Crippen LogP contribution in [0.1, 0.15) is 25.3 Å². The minimum atomic E-state index is -4.57. The average Bonchev–Trinajstić information content (AvgIpc) is 3.19. The molecule has 0 fully saturated rings. The van der Waals surface area contributed by atoms with E-state index in [0.717, 1.165) is 42.0 Å². The van der Waals surface area contributed by atoms with Crippen molar-refractivity contribution in [2.24, 2.45) is 0 Å². The molecule has 0 aliphatic heterocycles. The van der Waals surface area contributed by atoms with Gasteiger partial charge in [-0.2, -0.15) is 13.2 Å². The number of methoxy groups -OCH3 is 1. The number of alkyl halides is 3. The van der Waals surface area contributed by atoms with Gasteiger partial charge in [0.25, 0.3) is 0 Å². The van der Waals surface area contributed by atoms with Crippen molar-refractivity contribution in [1.29, 1.82) is 0 Å². The van der Waals surface area contributed by atoms with Crippen LogP contribution in [0.5, 0.6) is 5.75 Å². The molecule has 0 radical (unpaired) electrons. The van der Waals surface area contributed by atoms with Gasteiger partial charge in [0.05, 0.1) is 23.4 Å². The van der Waals surface area contributed by atoms with Crippen LogP contribution in [0.15, 0.2) is 41.7 Å². The van der Waals surface area contributed by atoms with E-state index in [9.17, 15) is 18.0 Å². The van der Waals surface area contributed by atoms with Crippen LogP contribution in [0, 0.1) is 0 Å². The monoisotopic (exact) mass is 499 g/mol. The van der Waals surface area contributed by atoms with Gasteiger partial charge in [0, 0.05) is 18.3 Å². The number of nitrogens with zero attached hydrogens (tertiary/aromatic N) is 4. The Hall–Kier alpha value is -2.79. The van der Waals surface area contributed by atoms with E-state index in [4.69, 9.17) is 16.3 Å². The van der Waals surface area contributed by atoms with Crippen molar-refractivity contribution in [3.63, 3.8) is 0 Å². The fourth-order valence-corrected chi connectivity index (χ4v) is 3.83. The highest BCUT2D eigenvalue weighted by molar-refractivity contribution is 7.99. The van der Waals surface area contributed by atoms with Crippen LogP contribution in [0.3, 0.4) is 0 Å². The van der Waals surface area contributed by atoms with Crippen molar-refractivity contribution >= 4 is 35.1 Å². The summed E-state index contributed by atoms with van der Waals surface area (Å²) < 4.78 is 45.4. The van der Waals surface area contributed by atoms with E-state index in [1.165, 1.54) is 0 Å². The quantitative estimate of drug-likeness (QED) is 0.389. The molecular weight excluding hydrogens is 479 g/mol. The zero-order valence-electron chi connectivity index (χ0n) is 17.8. The Kier molecular flexibility index (Phi) is 8.20. The van der Waals surface area contributed by atoms with E-state index in [-0.39, 0.29) is 16.6 Å². The second-order valence-electron chi connectivity index (χ2n) is 6.93. The van der Waals surface area contributed by atoms with Gasteiger partial charge >= 0.3 is 6.18 Å². The zero-order valence-corrected chi connectivity index (χ0v) is 19.4. The van der Waals surface area contributed by atoms with E-state index in [1.54, 1.807) is 7.11 Å². The second-order valence-corrected chi connectivity index (χ2v) is 8.28. The highest BCUT2D eigenvalue weighted by Crippen LogP contribution is 2.32. The van der Waals surface area contributed by atoms with Crippen LogP contribution in [-0.4, -0.2) is 38.5 Å². The topological polar surface area (TPSA) is 81.9 Å². The van der Waals surface area contributed by atoms with Gasteiger partial charge in [-0.15, -0.1) is 10.2 Å². The van der Waals surface area contributed by atoms with Crippen LogP contribution < -0.4 is 10.1 Å². The summed E-state index contributed by atoms with van der Waals surface area (Å²) in [5.41, 5.74) is -0.133. The number of benzene rings is 1. The minimum absolute atomic E-state index is 0.0497. The number of halogens is 4. The first kappa shape index (κ1) is 24.8. The van der Waals surface area contributed by atoms with Crippen LogP contribution in [0.25, 0.3) is 11.4 Å². The Morgan fingerprint density at radius 2 is 1.97 bits per heavy atom. The molecule has 2 aromatic heterocycles. The molecular formula is C21H21ClF3N5O2S. The minimum Gasteiger partial charge on any atom is -0.497 e. The molecule has 0 saturated heterocycles. The molecule has 3 aromatic rings. The van der Waals surface area contributed by atoms with Gasteiger partial charge in [-0.1, -0.05) is 36.7 Å². The van der Waals surface area contributed by atoms with Crippen LogP contribution in [0.4, 0.5) is 19.0 Å². The summed E-state index contributed by atoms with van der Waals surface area (Å²) in [6.45, 7) is 2.74.